The van der Waals surface area contributed by atoms with Gasteiger partial charge in [-0.3, -0.25) is 5.43 Å². The number of ether oxygens (including phenoxy) is 4. The fraction of sp³-hybridized carbons (Fsp3) is 0.167. The first kappa shape index (κ1) is 37.1. The first-order valence-corrected chi connectivity index (χ1v) is 17.3. The van der Waals surface area contributed by atoms with E-state index in [1.165, 1.54) is 17.4 Å². The maximum absolute atomic E-state index is 11.1. The molecule has 9 nitrogen and oxygen atoms in total. The summed E-state index contributed by atoms with van der Waals surface area (Å²) in [5.41, 5.74) is 7.99. The van der Waals surface area contributed by atoms with Gasteiger partial charge in [-0.1, -0.05) is 60.3 Å². The van der Waals surface area contributed by atoms with Gasteiger partial charge in [-0.25, -0.2) is 9.78 Å². The largest absolute Gasteiger partial charge is 0.494 e. The minimum atomic E-state index is -0.961. The third kappa shape index (κ3) is 12.0. The molecule has 0 aliphatic rings. The maximum Gasteiger partial charge on any atom is 0.330 e. The van der Waals surface area contributed by atoms with Crippen LogP contribution in [0.5, 0.6) is 11.5 Å². The highest BCUT2D eigenvalue weighted by Gasteiger charge is 2.04. The monoisotopic (exact) mass is 711 g/mol. The van der Waals surface area contributed by atoms with Gasteiger partial charge < -0.3 is 24.1 Å². The number of rotatable bonds is 16. The van der Waals surface area contributed by atoms with E-state index in [2.05, 4.69) is 52.4 Å². The summed E-state index contributed by atoms with van der Waals surface area (Å²) in [4.78, 5) is 15.7. The molecule has 2 N–H and O–H groups in total. The average molecular weight is 712 g/mol. The van der Waals surface area contributed by atoms with E-state index in [0.717, 1.165) is 49.9 Å². The van der Waals surface area contributed by atoms with E-state index >= 15 is 0 Å². The van der Waals surface area contributed by atoms with Gasteiger partial charge in [0.25, 0.3) is 0 Å². The summed E-state index contributed by atoms with van der Waals surface area (Å²) >= 11 is 1.53. The molecule has 0 spiro atoms. The number of aliphatic hydroxyl groups is 1. The number of hydrogen-bond acceptors (Lipinski definition) is 10. The molecule has 0 saturated heterocycles. The van der Waals surface area contributed by atoms with E-state index in [-0.39, 0.29) is 6.61 Å². The number of aliphatic hydroxyl groups excluding tert-OH is 1. The molecule has 0 saturated carbocycles. The number of hydrazone groups is 1. The highest BCUT2D eigenvalue weighted by Crippen LogP contribution is 2.25. The van der Waals surface area contributed by atoms with Gasteiger partial charge in [-0.2, -0.15) is 5.10 Å². The Labute approximate surface area is 307 Å². The number of benzene rings is 4. The Morgan fingerprint density at radius 1 is 0.827 bits per heavy atom. The molecular formula is C42H37N3O6S. The maximum atomic E-state index is 11.1. The molecule has 262 valence electrons. The normalized spacial score (nSPS) is 11.1. The summed E-state index contributed by atoms with van der Waals surface area (Å²) in [6, 6.07) is 28.8. The lowest BCUT2D eigenvalue weighted by atomic mass is 10.0. The summed E-state index contributed by atoms with van der Waals surface area (Å²) in [7, 11) is 0. The van der Waals surface area contributed by atoms with Gasteiger partial charge in [0, 0.05) is 46.7 Å². The molecular weight excluding hydrogens is 675 g/mol. The predicted octanol–water partition coefficient (Wildman–Crippen LogP) is 7.33. The van der Waals surface area contributed by atoms with Crippen LogP contribution in [0.1, 0.15) is 40.7 Å². The Bertz CT molecular complexity index is 2090. The number of nitrogens with zero attached hydrogens (tertiary/aromatic N) is 2. The van der Waals surface area contributed by atoms with Crippen LogP contribution in [0, 0.1) is 23.7 Å². The third-order valence-electron chi connectivity index (χ3n) is 7.13. The molecule has 5 rings (SSSR count). The van der Waals surface area contributed by atoms with Crippen LogP contribution in [0.15, 0.2) is 121 Å². The van der Waals surface area contributed by atoms with Crippen LogP contribution >= 0.6 is 11.3 Å². The molecule has 1 heterocycles. The number of anilines is 1. The summed E-state index contributed by atoms with van der Waals surface area (Å²) in [5.74, 6) is 13.9. The molecule has 0 fully saturated rings. The van der Waals surface area contributed by atoms with Crippen LogP contribution < -0.4 is 14.9 Å². The molecule has 1 atom stereocenters. The average Bonchev–Trinajstić information content (AvgIpc) is 3.60. The van der Waals surface area contributed by atoms with Crippen molar-refractivity contribution in [2.75, 3.05) is 31.9 Å². The van der Waals surface area contributed by atoms with Gasteiger partial charge in [0.15, 0.2) is 6.29 Å². The first-order valence-electron chi connectivity index (χ1n) is 16.5. The number of para-hydroxylation sites is 1. The van der Waals surface area contributed by atoms with Crippen molar-refractivity contribution < 1.29 is 28.8 Å². The molecule has 10 heteroatoms. The molecule has 1 aromatic heterocycles. The van der Waals surface area contributed by atoms with Crippen LogP contribution in [0.4, 0.5) is 5.13 Å². The SMILES string of the molecule is C=CC(=O)OCCCOc1ccc(C#Cc2ccc(C#Cc3ccc(OCCCOC(O)C=C)cc3)cc2/C=N/Nc2nc3ccccc3s2)cc1. The van der Waals surface area contributed by atoms with Crippen molar-refractivity contribution in [2.45, 2.75) is 19.1 Å². The molecule has 0 aliphatic heterocycles. The molecule has 52 heavy (non-hydrogen) atoms. The molecule has 0 bridgehead atoms. The van der Waals surface area contributed by atoms with Crippen molar-refractivity contribution in [1.29, 1.82) is 0 Å². The van der Waals surface area contributed by atoms with Crippen molar-refractivity contribution in [3.05, 3.63) is 144 Å². The van der Waals surface area contributed by atoms with Gasteiger partial charge >= 0.3 is 5.97 Å². The molecule has 4 aromatic carbocycles. The second-order valence-corrected chi connectivity index (χ2v) is 12.0. The van der Waals surface area contributed by atoms with Crippen molar-refractivity contribution in [3.8, 4) is 35.2 Å². The fourth-order valence-electron chi connectivity index (χ4n) is 4.49. The summed E-state index contributed by atoms with van der Waals surface area (Å²) in [5, 5.41) is 14.5. The number of hydrogen-bond donors (Lipinski definition) is 2. The van der Waals surface area contributed by atoms with Crippen LogP contribution in [-0.4, -0.2) is 55.0 Å². The van der Waals surface area contributed by atoms with Crippen LogP contribution in [0.25, 0.3) is 10.2 Å². The number of aromatic nitrogens is 1. The lowest BCUT2D eigenvalue weighted by molar-refractivity contribution is -0.137. The van der Waals surface area contributed by atoms with E-state index in [4.69, 9.17) is 18.9 Å². The summed E-state index contributed by atoms with van der Waals surface area (Å²) in [6.07, 6.45) is 4.44. The lowest BCUT2D eigenvalue weighted by Crippen LogP contribution is -2.11. The van der Waals surface area contributed by atoms with E-state index in [0.29, 0.717) is 43.5 Å². The quantitative estimate of drug-likeness (QED) is 0.0160. The third-order valence-corrected chi connectivity index (χ3v) is 8.07. The van der Waals surface area contributed by atoms with Crippen molar-refractivity contribution in [2.24, 2.45) is 5.10 Å². The minimum Gasteiger partial charge on any atom is -0.494 e. The summed E-state index contributed by atoms with van der Waals surface area (Å²) < 4.78 is 22.7. The number of esters is 1. The highest BCUT2D eigenvalue weighted by atomic mass is 32.1. The highest BCUT2D eigenvalue weighted by molar-refractivity contribution is 7.22. The Hall–Kier alpha value is -6.17. The second kappa shape index (κ2) is 19.9. The number of nitrogens with one attached hydrogen (secondary N) is 1. The number of carbonyl (C=O) groups excluding carboxylic acids is 1. The van der Waals surface area contributed by atoms with Crippen molar-refractivity contribution in [1.82, 2.24) is 4.98 Å². The standard InChI is InChI=1S/C42H37N3O6S/c1-3-40(46)50-27-7-25-48-36-21-15-31(16-22-36)11-12-33-14-20-34(35(29-33)30-43-45-42-44-38-9-5-6-10-39(38)52-42)19-13-32-17-23-37(24-18-32)49-26-8-28-51-41(47)4-2/h3-6,9-10,14-18,20-24,29-30,40,46H,1-2,7-8,25-28H2,(H,44,45)/b43-30+. The van der Waals surface area contributed by atoms with E-state index < -0.39 is 12.3 Å². The zero-order chi connectivity index (χ0) is 36.4. The van der Waals surface area contributed by atoms with Gasteiger partial charge in [-0.15, -0.1) is 0 Å². The zero-order valence-electron chi connectivity index (χ0n) is 28.4. The molecule has 1 unspecified atom stereocenters. The number of thiazole rings is 1. The zero-order valence-corrected chi connectivity index (χ0v) is 29.2. The number of fused-ring (bicyclic) bond motifs is 1. The molecule has 0 aliphatic carbocycles. The Balaban J connectivity index is 1.25. The lowest BCUT2D eigenvalue weighted by Gasteiger charge is -2.08. The van der Waals surface area contributed by atoms with E-state index in [9.17, 15) is 9.90 Å². The molecule has 0 amide bonds. The van der Waals surface area contributed by atoms with Gasteiger partial charge in [0.05, 0.1) is 42.9 Å². The summed E-state index contributed by atoms with van der Waals surface area (Å²) in [6.45, 7) is 8.37. The van der Waals surface area contributed by atoms with Crippen LogP contribution in [0.3, 0.4) is 0 Å². The van der Waals surface area contributed by atoms with Crippen LogP contribution in [0.2, 0.25) is 0 Å². The minimum absolute atomic E-state index is 0.269. The van der Waals surface area contributed by atoms with Crippen molar-refractivity contribution in [3.63, 3.8) is 0 Å². The predicted molar refractivity (Wildman–Crippen MR) is 206 cm³/mol. The van der Waals surface area contributed by atoms with Gasteiger partial charge in [0.1, 0.15) is 11.5 Å². The topological polar surface area (TPSA) is 112 Å². The van der Waals surface area contributed by atoms with Gasteiger partial charge in [-0.05, 0) is 84.9 Å². The second-order valence-electron chi connectivity index (χ2n) is 11.0. The molecule has 5 aromatic rings. The Kier molecular flexibility index (Phi) is 14.2. The van der Waals surface area contributed by atoms with Crippen LogP contribution in [-0.2, 0) is 14.3 Å². The Morgan fingerprint density at radius 3 is 2.13 bits per heavy atom. The Morgan fingerprint density at radius 2 is 1.46 bits per heavy atom. The fourth-order valence-corrected chi connectivity index (χ4v) is 5.31. The smallest absolute Gasteiger partial charge is 0.330 e. The van der Waals surface area contributed by atoms with E-state index in [1.54, 1.807) is 6.21 Å². The van der Waals surface area contributed by atoms with Crippen molar-refractivity contribution >= 4 is 38.9 Å². The molecule has 0 radical (unpaired) electrons. The first-order chi connectivity index (χ1) is 25.5. The van der Waals surface area contributed by atoms with Gasteiger partial charge in [0.2, 0.25) is 5.13 Å². The number of carbonyl (C=O) groups is 1. The van der Waals surface area contributed by atoms with E-state index in [1.807, 2.05) is 91.0 Å².